The molecular formula is C12H4Br2Cl4N2O. The van der Waals surface area contributed by atoms with E-state index in [4.69, 9.17) is 46.4 Å². The molecule has 1 N–H and O–H groups in total. The molecule has 9 heteroatoms. The fraction of sp³-hybridized carbons (Fsp3) is 0. The van der Waals surface area contributed by atoms with Gasteiger partial charge in [-0.15, -0.1) is 0 Å². The van der Waals surface area contributed by atoms with Crippen molar-refractivity contribution in [2.45, 2.75) is 0 Å². The summed E-state index contributed by atoms with van der Waals surface area (Å²) in [5.41, 5.74) is 0.439. The van der Waals surface area contributed by atoms with E-state index in [9.17, 15) is 4.79 Å². The maximum Gasteiger partial charge on any atom is 0.275 e. The van der Waals surface area contributed by atoms with Crippen LogP contribution in [0.2, 0.25) is 20.2 Å². The van der Waals surface area contributed by atoms with Crippen LogP contribution in [0.1, 0.15) is 10.5 Å². The Morgan fingerprint density at radius 3 is 2.33 bits per heavy atom. The Hall–Kier alpha value is -0.0400. The minimum atomic E-state index is -0.552. The molecule has 21 heavy (non-hydrogen) atoms. The van der Waals surface area contributed by atoms with Crippen LogP contribution in [0.25, 0.3) is 0 Å². The first-order valence-corrected chi connectivity index (χ1v) is 8.37. The Balaban J connectivity index is 2.37. The Morgan fingerprint density at radius 1 is 1.05 bits per heavy atom. The lowest BCUT2D eigenvalue weighted by Gasteiger charge is -2.10. The van der Waals surface area contributed by atoms with Crippen molar-refractivity contribution in [3.63, 3.8) is 0 Å². The molecule has 2 rings (SSSR count). The van der Waals surface area contributed by atoms with Gasteiger partial charge in [-0.1, -0.05) is 62.3 Å². The predicted octanol–water partition coefficient (Wildman–Crippen LogP) is 6.47. The summed E-state index contributed by atoms with van der Waals surface area (Å²) in [6.45, 7) is 0. The molecule has 1 aromatic carbocycles. The average molecular weight is 494 g/mol. The van der Waals surface area contributed by atoms with Crippen LogP contribution in [0.5, 0.6) is 0 Å². The molecule has 1 aromatic heterocycles. The summed E-state index contributed by atoms with van der Waals surface area (Å²) in [7, 11) is 0. The lowest BCUT2D eigenvalue weighted by molar-refractivity contribution is 0.102. The molecule has 0 aliphatic carbocycles. The summed E-state index contributed by atoms with van der Waals surface area (Å²) in [5, 5.41) is 2.49. The average Bonchev–Trinajstić information content (AvgIpc) is 2.43. The van der Waals surface area contributed by atoms with E-state index in [0.717, 1.165) is 4.47 Å². The number of hydrogen-bond acceptors (Lipinski definition) is 2. The van der Waals surface area contributed by atoms with Crippen LogP contribution in [0.15, 0.2) is 27.1 Å². The number of carbonyl (C=O) groups is 1. The largest absolute Gasteiger partial charge is 0.320 e. The van der Waals surface area contributed by atoms with Gasteiger partial charge in [-0.2, -0.15) is 0 Å². The molecule has 0 unspecified atom stereocenters. The monoisotopic (exact) mass is 490 g/mol. The van der Waals surface area contributed by atoms with Gasteiger partial charge >= 0.3 is 0 Å². The van der Waals surface area contributed by atoms with Crippen LogP contribution in [-0.2, 0) is 0 Å². The van der Waals surface area contributed by atoms with Crippen LogP contribution < -0.4 is 5.32 Å². The summed E-state index contributed by atoms with van der Waals surface area (Å²) >= 11 is 30.2. The van der Waals surface area contributed by atoms with Gasteiger partial charge in [-0.25, -0.2) is 4.98 Å². The second-order valence-electron chi connectivity index (χ2n) is 3.77. The summed E-state index contributed by atoms with van der Waals surface area (Å²) in [5.74, 6) is -0.552. The minimum Gasteiger partial charge on any atom is -0.320 e. The number of nitrogens with zero attached hydrogens (tertiary/aromatic N) is 1. The third-order valence-corrected chi connectivity index (χ3v) is 5.21. The molecule has 1 heterocycles. The van der Waals surface area contributed by atoms with Gasteiger partial charge in [0.2, 0.25) is 0 Å². The van der Waals surface area contributed by atoms with E-state index in [0.29, 0.717) is 10.2 Å². The molecule has 2 aromatic rings. The maximum absolute atomic E-state index is 12.2. The third kappa shape index (κ3) is 3.84. The number of amides is 1. The number of pyridine rings is 1. The number of nitrogens with one attached hydrogen (secondary N) is 1. The summed E-state index contributed by atoms with van der Waals surface area (Å²) < 4.78 is 1.55. The zero-order valence-electron chi connectivity index (χ0n) is 9.86. The number of halogens is 6. The van der Waals surface area contributed by atoms with Gasteiger partial charge in [-0.05, 0) is 34.1 Å². The van der Waals surface area contributed by atoms with Crippen molar-refractivity contribution in [3.05, 3.63) is 53.1 Å². The van der Waals surface area contributed by atoms with Crippen molar-refractivity contribution in [3.8, 4) is 0 Å². The van der Waals surface area contributed by atoms with Gasteiger partial charge in [0.25, 0.3) is 5.91 Å². The van der Waals surface area contributed by atoms with Crippen LogP contribution in [-0.4, -0.2) is 10.9 Å². The van der Waals surface area contributed by atoms with Gasteiger partial charge in [0.15, 0.2) is 0 Å². The van der Waals surface area contributed by atoms with Crippen molar-refractivity contribution in [2.24, 2.45) is 0 Å². The van der Waals surface area contributed by atoms with Crippen molar-refractivity contribution in [1.82, 2.24) is 4.98 Å². The smallest absolute Gasteiger partial charge is 0.275 e. The molecule has 0 saturated heterocycles. The highest BCUT2D eigenvalue weighted by atomic mass is 79.9. The highest BCUT2D eigenvalue weighted by Crippen LogP contribution is 2.36. The highest BCUT2D eigenvalue weighted by Gasteiger charge is 2.20. The number of hydrogen-bond donors (Lipinski definition) is 1. The molecule has 0 aliphatic rings. The second kappa shape index (κ2) is 7.02. The van der Waals surface area contributed by atoms with E-state index in [1.54, 1.807) is 18.2 Å². The zero-order chi connectivity index (χ0) is 15.7. The summed E-state index contributed by atoms with van der Waals surface area (Å²) in [6, 6.07) is 5.27. The normalized spacial score (nSPS) is 10.6. The van der Waals surface area contributed by atoms with E-state index in [2.05, 4.69) is 42.2 Å². The van der Waals surface area contributed by atoms with Gasteiger partial charge in [-0.3, -0.25) is 4.79 Å². The third-order valence-electron chi connectivity index (χ3n) is 2.38. The van der Waals surface area contributed by atoms with E-state index in [-0.39, 0.29) is 25.9 Å². The predicted molar refractivity (Wildman–Crippen MR) is 94.1 cm³/mol. The SMILES string of the molecule is O=C(Nc1ccc(Br)cc1Br)c1nc(Cl)c(Cl)c(Cl)c1Cl. The van der Waals surface area contributed by atoms with Crippen LogP contribution in [0, 0.1) is 0 Å². The number of anilines is 1. The topological polar surface area (TPSA) is 42.0 Å². The van der Waals surface area contributed by atoms with Gasteiger partial charge in [0.05, 0.1) is 20.8 Å². The first kappa shape index (κ1) is 17.3. The first-order chi connectivity index (χ1) is 9.81. The van der Waals surface area contributed by atoms with Crippen LogP contribution >= 0.6 is 78.3 Å². The van der Waals surface area contributed by atoms with E-state index >= 15 is 0 Å². The second-order valence-corrected chi connectivity index (χ2v) is 7.03. The standard InChI is InChI=1S/C12H4Br2Cl4N2O/c13-4-1-2-6(5(14)3-4)19-12(21)10-8(16)7(15)9(17)11(18)20-10/h1-3H,(H,19,21). The molecule has 1 amide bonds. The summed E-state index contributed by atoms with van der Waals surface area (Å²) in [4.78, 5) is 16.1. The van der Waals surface area contributed by atoms with Crippen molar-refractivity contribution < 1.29 is 4.79 Å². The number of aromatic nitrogens is 1. The van der Waals surface area contributed by atoms with Crippen LogP contribution in [0.4, 0.5) is 5.69 Å². The van der Waals surface area contributed by atoms with Crippen molar-refractivity contribution in [2.75, 3.05) is 5.32 Å². The maximum atomic E-state index is 12.2. The lowest BCUT2D eigenvalue weighted by Crippen LogP contribution is -2.15. The first-order valence-electron chi connectivity index (χ1n) is 5.27. The Morgan fingerprint density at radius 2 is 1.71 bits per heavy atom. The zero-order valence-corrected chi connectivity index (χ0v) is 16.1. The molecular weight excluding hydrogens is 490 g/mol. The fourth-order valence-electron chi connectivity index (χ4n) is 1.41. The molecule has 110 valence electrons. The summed E-state index contributed by atoms with van der Waals surface area (Å²) in [6.07, 6.45) is 0. The van der Waals surface area contributed by atoms with E-state index < -0.39 is 5.91 Å². The van der Waals surface area contributed by atoms with E-state index in [1.807, 2.05) is 0 Å². The lowest BCUT2D eigenvalue weighted by atomic mass is 10.3. The molecule has 0 radical (unpaired) electrons. The highest BCUT2D eigenvalue weighted by molar-refractivity contribution is 9.11. The Kier molecular flexibility index (Phi) is 5.79. The molecule has 0 aliphatic heterocycles. The quantitative estimate of drug-likeness (QED) is 0.487. The van der Waals surface area contributed by atoms with Crippen molar-refractivity contribution >= 4 is 89.9 Å². The molecule has 0 atom stereocenters. The van der Waals surface area contributed by atoms with Gasteiger partial charge < -0.3 is 5.32 Å². The van der Waals surface area contributed by atoms with Gasteiger partial charge in [0.1, 0.15) is 10.8 Å². The number of carbonyl (C=O) groups excluding carboxylic acids is 1. The number of benzene rings is 1. The van der Waals surface area contributed by atoms with Crippen LogP contribution in [0.3, 0.4) is 0 Å². The molecule has 0 fully saturated rings. The fourth-order valence-corrected chi connectivity index (χ4v) is 3.37. The Labute approximate surface area is 157 Å². The molecule has 0 saturated carbocycles. The number of rotatable bonds is 2. The van der Waals surface area contributed by atoms with Crippen molar-refractivity contribution in [1.29, 1.82) is 0 Å². The molecule has 0 spiro atoms. The molecule has 3 nitrogen and oxygen atoms in total. The van der Waals surface area contributed by atoms with Gasteiger partial charge in [0, 0.05) is 8.95 Å². The molecule has 0 bridgehead atoms. The van der Waals surface area contributed by atoms with E-state index in [1.165, 1.54) is 0 Å². The minimum absolute atomic E-state index is 0.00436. The Bertz CT molecular complexity index is 740.